The Hall–Kier alpha value is -1.58. The van der Waals surface area contributed by atoms with Crippen LogP contribution in [0.3, 0.4) is 0 Å². The molecule has 0 bridgehead atoms. The van der Waals surface area contributed by atoms with Gasteiger partial charge >= 0.3 is 5.97 Å². The molecule has 0 unspecified atom stereocenters. The second-order valence-corrected chi connectivity index (χ2v) is 6.06. The number of benzene rings is 1. The lowest BCUT2D eigenvalue weighted by Crippen LogP contribution is -2.30. The highest BCUT2D eigenvalue weighted by Crippen LogP contribution is 2.51. The Labute approximate surface area is 118 Å². The molecule has 1 aliphatic heterocycles. The molecule has 0 amide bonds. The number of hydrogen-bond donors (Lipinski definition) is 1. The van der Waals surface area contributed by atoms with Gasteiger partial charge in [-0.1, -0.05) is 6.07 Å². The molecular weight excluding hydrogens is 257 g/mol. The quantitative estimate of drug-likeness (QED) is 0.917. The average molecular weight is 277 g/mol. The van der Waals surface area contributed by atoms with E-state index in [-0.39, 0.29) is 17.7 Å². The maximum Gasteiger partial charge on any atom is 0.304 e. The van der Waals surface area contributed by atoms with E-state index in [4.69, 9.17) is 5.11 Å². The summed E-state index contributed by atoms with van der Waals surface area (Å²) >= 11 is 0. The zero-order valence-electron chi connectivity index (χ0n) is 11.6. The minimum atomic E-state index is -0.803. The van der Waals surface area contributed by atoms with Gasteiger partial charge in [-0.05, 0) is 49.8 Å². The van der Waals surface area contributed by atoms with Crippen molar-refractivity contribution in [1.29, 1.82) is 0 Å². The predicted octanol–water partition coefficient (Wildman–Crippen LogP) is 3.32. The first-order chi connectivity index (χ1) is 9.61. The summed E-state index contributed by atoms with van der Waals surface area (Å²) in [5, 5.41) is 8.98. The molecule has 2 fully saturated rings. The van der Waals surface area contributed by atoms with E-state index in [2.05, 4.69) is 4.90 Å². The van der Waals surface area contributed by atoms with Crippen LogP contribution in [0.4, 0.5) is 10.1 Å². The molecule has 1 aliphatic carbocycles. The average Bonchev–Trinajstić information content (AvgIpc) is 3.19. The van der Waals surface area contributed by atoms with Gasteiger partial charge < -0.3 is 10.0 Å². The molecule has 0 atom stereocenters. The fourth-order valence-electron chi connectivity index (χ4n) is 3.24. The maximum atomic E-state index is 14.3. The van der Waals surface area contributed by atoms with Crippen molar-refractivity contribution in [3.05, 3.63) is 29.6 Å². The molecule has 0 spiro atoms. The molecule has 20 heavy (non-hydrogen) atoms. The molecule has 3 rings (SSSR count). The maximum absolute atomic E-state index is 14.3. The van der Waals surface area contributed by atoms with Gasteiger partial charge in [0.2, 0.25) is 0 Å². The Morgan fingerprint density at radius 3 is 2.50 bits per heavy atom. The summed E-state index contributed by atoms with van der Waals surface area (Å²) in [6.07, 6.45) is 5.26. The topological polar surface area (TPSA) is 40.5 Å². The van der Waals surface area contributed by atoms with Crippen LogP contribution in [0.15, 0.2) is 18.2 Å². The van der Waals surface area contributed by atoms with E-state index in [0.29, 0.717) is 5.69 Å². The number of anilines is 1. The number of rotatable bonds is 4. The third kappa shape index (κ3) is 2.51. The number of carboxylic acids is 1. The van der Waals surface area contributed by atoms with Gasteiger partial charge in [-0.25, -0.2) is 4.39 Å². The molecule has 3 nitrogen and oxygen atoms in total. The van der Waals surface area contributed by atoms with Crippen molar-refractivity contribution < 1.29 is 14.3 Å². The second kappa shape index (κ2) is 5.08. The van der Waals surface area contributed by atoms with Gasteiger partial charge in [0.15, 0.2) is 0 Å². The van der Waals surface area contributed by atoms with Crippen molar-refractivity contribution in [2.45, 2.75) is 43.9 Å². The molecule has 0 radical (unpaired) electrons. The predicted molar refractivity (Wildman–Crippen MR) is 75.6 cm³/mol. The number of carboxylic acid groups (broad SMARTS) is 1. The first-order valence-electron chi connectivity index (χ1n) is 7.38. The van der Waals surface area contributed by atoms with Crippen molar-refractivity contribution in [2.24, 2.45) is 0 Å². The van der Waals surface area contributed by atoms with Gasteiger partial charge in [-0.3, -0.25) is 4.79 Å². The summed E-state index contributed by atoms with van der Waals surface area (Å²) in [6.45, 7) is 1.83. The van der Waals surface area contributed by atoms with Crippen molar-refractivity contribution >= 4 is 11.7 Å². The van der Waals surface area contributed by atoms with E-state index < -0.39 is 5.97 Å². The van der Waals surface area contributed by atoms with Gasteiger partial charge in [-0.2, -0.15) is 0 Å². The molecule has 1 N–H and O–H groups in total. The van der Waals surface area contributed by atoms with Crippen molar-refractivity contribution in [3.63, 3.8) is 0 Å². The van der Waals surface area contributed by atoms with Gasteiger partial charge in [0, 0.05) is 18.5 Å². The fourth-order valence-corrected chi connectivity index (χ4v) is 3.24. The normalized spacial score (nSPS) is 20.8. The highest BCUT2D eigenvalue weighted by molar-refractivity contribution is 5.70. The number of hydrogen-bond acceptors (Lipinski definition) is 2. The number of carbonyl (C=O) groups is 1. The molecule has 108 valence electrons. The van der Waals surface area contributed by atoms with Crippen LogP contribution >= 0.6 is 0 Å². The first kappa shape index (κ1) is 13.4. The lowest BCUT2D eigenvalue weighted by Gasteiger charge is -2.29. The van der Waals surface area contributed by atoms with Crippen LogP contribution in [0, 0.1) is 5.82 Å². The van der Waals surface area contributed by atoms with E-state index in [1.54, 1.807) is 6.07 Å². The minimum Gasteiger partial charge on any atom is -0.481 e. The van der Waals surface area contributed by atoms with Crippen LogP contribution in [0.5, 0.6) is 0 Å². The fraction of sp³-hybridized carbons (Fsp3) is 0.562. The standard InChI is InChI=1S/C16H20FNO2/c17-13-10-12(16(6-7-16)11-15(19)20)4-5-14(13)18-8-2-1-3-9-18/h4-5,10H,1-3,6-9,11H2,(H,19,20). The van der Waals surface area contributed by atoms with Crippen LogP contribution in [0.2, 0.25) is 0 Å². The summed E-state index contributed by atoms with van der Waals surface area (Å²) in [6, 6.07) is 5.31. The van der Waals surface area contributed by atoms with Crippen molar-refractivity contribution in [2.75, 3.05) is 18.0 Å². The number of piperidine rings is 1. The number of aliphatic carboxylic acids is 1. The van der Waals surface area contributed by atoms with Gasteiger partial charge in [0.05, 0.1) is 12.1 Å². The third-order valence-corrected chi connectivity index (χ3v) is 4.60. The van der Waals surface area contributed by atoms with Crippen molar-refractivity contribution in [1.82, 2.24) is 0 Å². The Bertz CT molecular complexity index is 519. The van der Waals surface area contributed by atoms with Gasteiger partial charge in [0.1, 0.15) is 5.82 Å². The van der Waals surface area contributed by atoms with Gasteiger partial charge in [0.25, 0.3) is 0 Å². The zero-order chi connectivity index (χ0) is 14.2. The summed E-state index contributed by atoms with van der Waals surface area (Å²) in [5.74, 6) is -1.01. The summed E-state index contributed by atoms with van der Waals surface area (Å²) in [4.78, 5) is 13.0. The van der Waals surface area contributed by atoms with Crippen LogP contribution < -0.4 is 4.90 Å². The van der Waals surface area contributed by atoms with Crippen LogP contribution in [-0.4, -0.2) is 24.2 Å². The second-order valence-electron chi connectivity index (χ2n) is 6.06. The molecule has 4 heteroatoms. The van der Waals surface area contributed by atoms with Crippen molar-refractivity contribution in [3.8, 4) is 0 Å². The Balaban J connectivity index is 1.82. The van der Waals surface area contributed by atoms with Crippen LogP contribution in [0.25, 0.3) is 0 Å². The van der Waals surface area contributed by atoms with Crippen LogP contribution in [-0.2, 0) is 10.2 Å². The summed E-state index contributed by atoms with van der Waals surface area (Å²) in [5.41, 5.74) is 1.20. The largest absolute Gasteiger partial charge is 0.481 e. The Morgan fingerprint density at radius 1 is 1.25 bits per heavy atom. The van der Waals surface area contributed by atoms with E-state index >= 15 is 0 Å². The smallest absolute Gasteiger partial charge is 0.304 e. The molecule has 1 saturated carbocycles. The lowest BCUT2D eigenvalue weighted by molar-refractivity contribution is -0.137. The van der Waals surface area contributed by atoms with E-state index in [0.717, 1.165) is 44.3 Å². The van der Waals surface area contributed by atoms with E-state index in [1.165, 1.54) is 6.42 Å². The molecule has 1 heterocycles. The summed E-state index contributed by atoms with van der Waals surface area (Å²) in [7, 11) is 0. The number of nitrogens with zero attached hydrogens (tertiary/aromatic N) is 1. The lowest BCUT2D eigenvalue weighted by atomic mass is 9.92. The van der Waals surface area contributed by atoms with Gasteiger partial charge in [-0.15, -0.1) is 0 Å². The molecule has 0 aromatic heterocycles. The SMILES string of the molecule is O=C(O)CC1(c2ccc(N3CCCCC3)c(F)c2)CC1. The molecule has 1 aromatic rings. The third-order valence-electron chi connectivity index (χ3n) is 4.60. The Morgan fingerprint density at radius 2 is 1.95 bits per heavy atom. The zero-order valence-corrected chi connectivity index (χ0v) is 11.6. The number of halogens is 1. The van der Waals surface area contributed by atoms with E-state index in [1.807, 2.05) is 12.1 Å². The highest BCUT2D eigenvalue weighted by Gasteiger charge is 2.46. The minimum absolute atomic E-state index is 0.107. The molecule has 1 aromatic carbocycles. The Kier molecular flexibility index (Phi) is 3.40. The van der Waals surface area contributed by atoms with E-state index in [9.17, 15) is 9.18 Å². The monoisotopic (exact) mass is 277 g/mol. The molecule has 1 saturated heterocycles. The van der Waals surface area contributed by atoms with Crippen LogP contribution in [0.1, 0.15) is 44.1 Å². The first-order valence-corrected chi connectivity index (χ1v) is 7.38. The molecular formula is C16H20FNO2. The highest BCUT2D eigenvalue weighted by atomic mass is 19.1. The summed E-state index contributed by atoms with van der Waals surface area (Å²) < 4.78 is 14.3. The molecule has 2 aliphatic rings.